The van der Waals surface area contributed by atoms with E-state index in [2.05, 4.69) is 15.9 Å². The molecule has 3 heterocycles. The van der Waals surface area contributed by atoms with Crippen LogP contribution in [0.15, 0.2) is 276 Å². The Bertz CT molecular complexity index is 4690. The van der Waals surface area contributed by atoms with E-state index in [0.29, 0.717) is 43.3 Å². The minimum absolute atomic E-state index is 0. The molecular formula is C77H47BrClF8N3O2Zn. The van der Waals surface area contributed by atoms with Gasteiger partial charge in [0.05, 0.1) is 50.8 Å². The predicted octanol–water partition coefficient (Wildman–Crippen LogP) is 21.2. The maximum atomic E-state index is 14.5. The van der Waals surface area contributed by atoms with Crippen molar-refractivity contribution in [2.24, 2.45) is 0 Å². The van der Waals surface area contributed by atoms with E-state index in [9.17, 15) is 44.7 Å². The Morgan fingerprint density at radius 3 is 0.914 bits per heavy atom. The number of ketones is 1. The van der Waals surface area contributed by atoms with Gasteiger partial charge in [-0.1, -0.05) is 162 Å². The van der Waals surface area contributed by atoms with Gasteiger partial charge in [-0.2, -0.15) is 0 Å². The second kappa shape index (κ2) is 27.4. The number of aromatic nitrogens is 1. The van der Waals surface area contributed by atoms with Gasteiger partial charge in [-0.05, 0) is 115 Å². The van der Waals surface area contributed by atoms with Gasteiger partial charge in [0.1, 0.15) is 46.5 Å². The smallest absolute Gasteiger partial charge is 0.197 e. The molecule has 2 aliphatic heterocycles. The number of rotatable bonds is 3. The molecule has 0 atom stereocenters. The Kier molecular flexibility index (Phi) is 19.0. The Hall–Kier alpha value is -10.0. The summed E-state index contributed by atoms with van der Waals surface area (Å²) in [5, 5.41) is 1.02. The van der Waals surface area contributed by atoms with Crippen LogP contribution < -0.4 is 15.2 Å². The van der Waals surface area contributed by atoms with Crippen molar-refractivity contribution in [1.29, 1.82) is 0 Å². The fourth-order valence-corrected chi connectivity index (χ4v) is 12.5. The Morgan fingerprint density at radius 2 is 0.581 bits per heavy atom. The van der Waals surface area contributed by atoms with Crippen molar-refractivity contribution in [3.05, 3.63) is 373 Å². The first kappa shape index (κ1) is 64.5. The summed E-state index contributed by atoms with van der Waals surface area (Å²) in [5.74, 6) is -4.95. The zero-order chi connectivity index (χ0) is 63.0. The summed E-state index contributed by atoms with van der Waals surface area (Å²) in [4.78, 5) is 28.5. The Morgan fingerprint density at radius 1 is 0.312 bits per heavy atom. The Labute approximate surface area is 556 Å². The van der Waals surface area contributed by atoms with E-state index in [4.69, 9.17) is 0 Å². The number of hydrogen-bond donors (Lipinski definition) is 0. The van der Waals surface area contributed by atoms with Gasteiger partial charge in [-0.15, -0.1) is 12.4 Å². The zero-order valence-corrected chi connectivity index (χ0v) is 54.2. The van der Waals surface area contributed by atoms with Crippen LogP contribution in [0.5, 0.6) is 0 Å². The molecule has 1 aliphatic carbocycles. The average Bonchev–Trinajstić information content (AvgIpc) is 0.720. The number of benzene rings is 12. The number of nitrogens with zero attached hydrogens (tertiary/aromatic N) is 3. The first-order valence-electron chi connectivity index (χ1n) is 28.6. The van der Waals surface area contributed by atoms with Gasteiger partial charge in [0.2, 0.25) is 0 Å². The molecule has 0 amide bonds. The van der Waals surface area contributed by atoms with E-state index in [1.54, 1.807) is 53.1 Å². The molecule has 0 unspecified atom stereocenters. The van der Waals surface area contributed by atoms with Gasteiger partial charge in [0.25, 0.3) is 0 Å². The van der Waals surface area contributed by atoms with Crippen LogP contribution in [0.25, 0.3) is 38.6 Å². The molecule has 3 aliphatic rings. The topological polar surface area (TPSA) is 45.6 Å². The number of fused-ring (bicyclic) bond motifs is 8. The van der Waals surface area contributed by atoms with Crippen LogP contribution in [-0.2, 0) is 25.9 Å². The van der Waals surface area contributed by atoms with Gasteiger partial charge >= 0.3 is 0 Å². The van der Waals surface area contributed by atoms with Crippen molar-refractivity contribution in [2.75, 3.05) is 9.80 Å². The minimum Gasteiger partial charge on any atom is -0.309 e. The molecule has 16 heteroatoms. The SMILES string of the molecule is Cl.Fc1cc(F)cc(Br)c1.Fc1cc(F)cc(N2c3ccccc3C(=C3c4ccccc4N(c4cc(F)cc(F)c4)c4ccccc43)c3ccccc32)c1.O=C1c2ccccc2Cc2ccccc21.O=c1c2ccccc2n(-c2cc(F)cc(F)c2)c2ccccc12.[Zn]. The first-order valence-corrected chi connectivity index (χ1v) is 29.4. The standard InChI is InChI=1S/C38H22F4N2.C19H11F2NO.C14H10O.C6H3BrF2.ClH.Zn/c39-23-17-24(40)20-27(19-23)43-33-13-5-1-9-29(33)37(30-10-2-6-14-34(30)43)38-31-11-3-7-15-35(31)44(36-16-8-4-12-32(36)38)28-21-25(41)18-26(42)22-28;20-12-9-13(21)11-14(10-12)22-17-7-3-1-5-15(17)19(23)16-6-2-4-8-18(16)22;15-14-12-7-3-1-5-10(12)9-11-6-2-4-8-13(11)14;7-4-1-5(8)3-6(9)2-4;;/h1-22H;1-11H;1-8H,9H2;1-3H;1H;. The molecule has 1 aromatic heterocycles. The molecule has 93 heavy (non-hydrogen) atoms. The minimum atomic E-state index is -0.664. The summed E-state index contributed by atoms with van der Waals surface area (Å²) in [6.45, 7) is 0. The predicted molar refractivity (Wildman–Crippen MR) is 354 cm³/mol. The van der Waals surface area contributed by atoms with Crippen molar-refractivity contribution in [3.63, 3.8) is 0 Å². The fraction of sp³-hybridized carbons (Fsp3) is 0.0130. The molecule has 13 aromatic rings. The number of hydrogen-bond acceptors (Lipinski definition) is 4. The zero-order valence-electron chi connectivity index (χ0n) is 48.8. The normalized spacial score (nSPS) is 12.1. The van der Waals surface area contributed by atoms with Crippen LogP contribution in [0.2, 0.25) is 0 Å². The van der Waals surface area contributed by atoms with Crippen molar-refractivity contribution in [3.8, 4) is 5.69 Å². The number of halogens is 10. The number of carbonyl (C=O) groups is 1. The summed E-state index contributed by atoms with van der Waals surface area (Å²) in [5.41, 5.74) is 14.7. The summed E-state index contributed by atoms with van der Waals surface area (Å²) >= 11 is 2.93. The molecule has 0 N–H and O–H groups in total. The van der Waals surface area contributed by atoms with Gasteiger partial charge in [0, 0.05) is 104 Å². The summed E-state index contributed by atoms with van der Waals surface area (Å²) < 4.78 is 112. The number of carbonyl (C=O) groups excluding carboxylic acids is 1. The van der Waals surface area contributed by atoms with Crippen LogP contribution in [0.1, 0.15) is 49.3 Å². The maximum absolute atomic E-state index is 14.5. The third kappa shape index (κ3) is 12.8. The molecule has 0 saturated heterocycles. The molecule has 0 bridgehead atoms. The Balaban J connectivity index is 0.000000149. The van der Waals surface area contributed by atoms with Crippen LogP contribution in [0.4, 0.5) is 69.2 Å². The summed E-state index contributed by atoms with van der Waals surface area (Å²) in [7, 11) is 0. The largest absolute Gasteiger partial charge is 0.309 e. The van der Waals surface area contributed by atoms with E-state index < -0.39 is 46.5 Å². The van der Waals surface area contributed by atoms with E-state index in [1.807, 2.05) is 155 Å². The summed E-state index contributed by atoms with van der Waals surface area (Å²) in [6, 6.07) is 74.6. The van der Waals surface area contributed by atoms with Crippen molar-refractivity contribution < 1.29 is 59.4 Å². The van der Waals surface area contributed by atoms with Crippen LogP contribution in [0.3, 0.4) is 0 Å². The van der Waals surface area contributed by atoms with E-state index in [1.165, 1.54) is 48.5 Å². The fourth-order valence-electron chi connectivity index (χ4n) is 12.1. The quantitative estimate of drug-likeness (QED) is 0.100. The van der Waals surface area contributed by atoms with Crippen molar-refractivity contribution >= 4 is 101 Å². The van der Waals surface area contributed by atoms with E-state index in [-0.39, 0.29) is 43.1 Å². The van der Waals surface area contributed by atoms with Crippen LogP contribution in [-0.4, -0.2) is 10.4 Å². The number of para-hydroxylation sites is 6. The van der Waals surface area contributed by atoms with Gasteiger partial charge in [0.15, 0.2) is 11.2 Å². The second-order valence-corrected chi connectivity index (χ2v) is 22.4. The molecule has 0 fully saturated rings. The molecule has 454 valence electrons. The van der Waals surface area contributed by atoms with Gasteiger partial charge in [-0.25, -0.2) is 35.1 Å². The van der Waals surface area contributed by atoms with E-state index in [0.717, 1.165) is 109 Å². The van der Waals surface area contributed by atoms with Crippen LogP contribution in [0, 0.1) is 46.5 Å². The molecular weight excluding hydrogens is 1330 g/mol. The number of anilines is 6. The summed E-state index contributed by atoms with van der Waals surface area (Å²) in [6.07, 6.45) is 0.873. The third-order valence-corrected chi connectivity index (χ3v) is 16.2. The van der Waals surface area contributed by atoms with Crippen molar-refractivity contribution in [1.82, 2.24) is 4.57 Å². The van der Waals surface area contributed by atoms with Gasteiger partial charge < -0.3 is 14.4 Å². The monoisotopic (exact) mass is 1380 g/mol. The molecule has 5 nitrogen and oxygen atoms in total. The number of pyridine rings is 1. The maximum Gasteiger partial charge on any atom is 0.197 e. The molecule has 12 aromatic carbocycles. The average molecular weight is 1380 g/mol. The van der Waals surface area contributed by atoms with Crippen LogP contribution >= 0.6 is 28.3 Å². The molecule has 0 spiro atoms. The molecule has 0 saturated carbocycles. The molecule has 16 rings (SSSR count). The third-order valence-electron chi connectivity index (χ3n) is 15.7. The van der Waals surface area contributed by atoms with Crippen molar-refractivity contribution in [2.45, 2.75) is 6.42 Å². The second-order valence-electron chi connectivity index (χ2n) is 21.5. The first-order chi connectivity index (χ1) is 44.2. The molecule has 0 radical (unpaired) electrons. The van der Waals surface area contributed by atoms with E-state index >= 15 is 0 Å². The van der Waals surface area contributed by atoms with Gasteiger partial charge in [-0.3, -0.25) is 9.59 Å².